The van der Waals surface area contributed by atoms with Crippen LogP contribution in [0.25, 0.3) is 15.9 Å². The molecular formula is C22H18ClN3O5S. The van der Waals surface area contributed by atoms with Crippen molar-refractivity contribution in [3.8, 4) is 17.2 Å². The van der Waals surface area contributed by atoms with Crippen molar-refractivity contribution in [2.45, 2.75) is 6.54 Å². The molecule has 10 heteroatoms. The molecule has 4 aromatic rings. The number of methoxy groups -OCH3 is 2. The molecular weight excluding hydrogens is 454 g/mol. The lowest BCUT2D eigenvalue weighted by Gasteiger charge is -2.14. The number of hydrogen-bond donors (Lipinski definition) is 1. The first-order chi connectivity index (χ1) is 15.4. The number of anilines is 1. The third kappa shape index (κ3) is 4.00. The average Bonchev–Trinajstić information content (AvgIpc) is 3.28. The smallest absolute Gasteiger partial charge is 0.336 e. The number of benzene rings is 2. The number of carbonyl (C=O) groups is 1. The minimum Gasteiger partial charge on any atom is -0.497 e. The topological polar surface area (TPSA) is 91.6 Å². The summed E-state index contributed by atoms with van der Waals surface area (Å²) in [6.07, 6.45) is 0. The first kappa shape index (κ1) is 21.7. The van der Waals surface area contributed by atoms with Crippen LogP contribution in [0.15, 0.2) is 63.5 Å². The minimum absolute atomic E-state index is 0.297. The van der Waals surface area contributed by atoms with Crippen molar-refractivity contribution < 1.29 is 14.3 Å². The monoisotopic (exact) mass is 471 g/mol. The van der Waals surface area contributed by atoms with Crippen molar-refractivity contribution in [1.82, 2.24) is 9.13 Å². The average molecular weight is 472 g/mol. The molecule has 1 amide bonds. The van der Waals surface area contributed by atoms with E-state index in [1.165, 1.54) is 30.1 Å². The molecule has 0 unspecified atom stereocenters. The number of hydrogen-bond acceptors (Lipinski definition) is 6. The third-order valence-electron chi connectivity index (χ3n) is 4.82. The van der Waals surface area contributed by atoms with Crippen molar-refractivity contribution in [2.24, 2.45) is 0 Å². The van der Waals surface area contributed by atoms with Gasteiger partial charge in [0.2, 0.25) is 5.91 Å². The molecule has 2 heterocycles. The predicted molar refractivity (Wildman–Crippen MR) is 125 cm³/mol. The third-order valence-corrected chi connectivity index (χ3v) is 5.97. The standard InChI is InChI=1S/C22H18ClN3O5S/c1-30-15-7-8-16(18(11-15)31-2)24-19(27)12-25-17-9-10-32-20(17)21(28)26(22(25)29)14-5-3-13(23)4-6-14/h3-11H,12H2,1-2H3,(H,24,27). The quantitative estimate of drug-likeness (QED) is 0.464. The van der Waals surface area contributed by atoms with E-state index in [-0.39, 0.29) is 6.54 Å². The molecule has 0 aliphatic rings. The number of ether oxygens (including phenoxy) is 2. The molecule has 0 aliphatic heterocycles. The molecule has 2 aromatic carbocycles. The van der Waals surface area contributed by atoms with Gasteiger partial charge in [0, 0.05) is 11.1 Å². The first-order valence-electron chi connectivity index (χ1n) is 9.44. The summed E-state index contributed by atoms with van der Waals surface area (Å²) in [6, 6.07) is 13.0. The molecule has 0 radical (unpaired) electrons. The molecule has 164 valence electrons. The van der Waals surface area contributed by atoms with Crippen LogP contribution in [0.2, 0.25) is 5.02 Å². The summed E-state index contributed by atoms with van der Waals surface area (Å²) < 4.78 is 13.1. The van der Waals surface area contributed by atoms with E-state index in [1.54, 1.807) is 53.9 Å². The summed E-state index contributed by atoms with van der Waals surface area (Å²) in [6.45, 7) is -0.297. The highest BCUT2D eigenvalue weighted by atomic mass is 35.5. The Bertz CT molecular complexity index is 1420. The predicted octanol–water partition coefficient (Wildman–Crippen LogP) is 3.52. The number of nitrogens with zero attached hydrogens (tertiary/aromatic N) is 2. The number of nitrogens with one attached hydrogen (secondary N) is 1. The number of thiophene rings is 1. The molecule has 0 fully saturated rings. The molecule has 0 saturated heterocycles. The van der Waals surface area contributed by atoms with Crippen LogP contribution in [0.1, 0.15) is 0 Å². The molecule has 0 bridgehead atoms. The summed E-state index contributed by atoms with van der Waals surface area (Å²) in [5.41, 5.74) is 0.118. The van der Waals surface area contributed by atoms with Gasteiger partial charge in [-0.2, -0.15) is 0 Å². The van der Waals surface area contributed by atoms with Gasteiger partial charge in [0.15, 0.2) is 0 Å². The van der Waals surface area contributed by atoms with Crippen LogP contribution in [0, 0.1) is 0 Å². The SMILES string of the molecule is COc1ccc(NC(=O)Cn2c(=O)n(-c3ccc(Cl)cc3)c(=O)c3sccc32)c(OC)c1. The fourth-order valence-corrected chi connectivity index (χ4v) is 4.24. The van der Waals surface area contributed by atoms with Gasteiger partial charge in [0.1, 0.15) is 22.7 Å². The highest BCUT2D eigenvalue weighted by Gasteiger charge is 2.18. The highest BCUT2D eigenvalue weighted by molar-refractivity contribution is 7.17. The number of aromatic nitrogens is 2. The molecule has 0 spiro atoms. The summed E-state index contributed by atoms with van der Waals surface area (Å²) in [5.74, 6) is 0.535. The molecule has 2 aromatic heterocycles. The van der Waals surface area contributed by atoms with Gasteiger partial charge in [-0.1, -0.05) is 11.6 Å². The number of fused-ring (bicyclic) bond motifs is 1. The van der Waals surface area contributed by atoms with E-state index >= 15 is 0 Å². The lowest BCUT2D eigenvalue weighted by Crippen LogP contribution is -2.40. The van der Waals surface area contributed by atoms with E-state index < -0.39 is 17.2 Å². The Kier molecular flexibility index (Phi) is 6.02. The number of halogens is 1. The van der Waals surface area contributed by atoms with Crippen LogP contribution in [0.3, 0.4) is 0 Å². The van der Waals surface area contributed by atoms with Crippen molar-refractivity contribution in [3.05, 3.63) is 79.8 Å². The fraction of sp³-hybridized carbons (Fsp3) is 0.136. The van der Waals surface area contributed by atoms with Crippen LogP contribution < -0.4 is 26.0 Å². The Morgan fingerprint density at radius 2 is 1.81 bits per heavy atom. The first-order valence-corrected chi connectivity index (χ1v) is 10.7. The van der Waals surface area contributed by atoms with Crippen LogP contribution in [-0.2, 0) is 11.3 Å². The zero-order chi connectivity index (χ0) is 22.8. The van der Waals surface area contributed by atoms with Gasteiger partial charge in [-0.3, -0.25) is 14.2 Å². The van der Waals surface area contributed by atoms with Crippen molar-refractivity contribution in [3.63, 3.8) is 0 Å². The number of amides is 1. The Morgan fingerprint density at radius 1 is 1.06 bits per heavy atom. The largest absolute Gasteiger partial charge is 0.497 e. The summed E-state index contributed by atoms with van der Waals surface area (Å²) in [7, 11) is 3.01. The van der Waals surface area contributed by atoms with E-state index in [0.29, 0.717) is 38.1 Å². The van der Waals surface area contributed by atoms with Gasteiger partial charge in [0.05, 0.1) is 31.1 Å². The molecule has 32 heavy (non-hydrogen) atoms. The minimum atomic E-state index is -0.625. The highest BCUT2D eigenvalue weighted by Crippen LogP contribution is 2.29. The van der Waals surface area contributed by atoms with Crippen molar-refractivity contribution in [1.29, 1.82) is 0 Å². The van der Waals surface area contributed by atoms with Crippen LogP contribution >= 0.6 is 22.9 Å². The van der Waals surface area contributed by atoms with Gasteiger partial charge in [-0.05, 0) is 47.8 Å². The number of carbonyl (C=O) groups excluding carboxylic acids is 1. The summed E-state index contributed by atoms with van der Waals surface area (Å²) in [5, 5.41) is 4.93. The second kappa shape index (κ2) is 8.89. The van der Waals surface area contributed by atoms with E-state index in [2.05, 4.69) is 5.32 Å². The second-order valence-corrected chi connectivity index (χ2v) is 8.09. The zero-order valence-corrected chi connectivity index (χ0v) is 18.7. The van der Waals surface area contributed by atoms with E-state index in [4.69, 9.17) is 21.1 Å². The van der Waals surface area contributed by atoms with Crippen molar-refractivity contribution >= 4 is 44.7 Å². The molecule has 0 atom stereocenters. The fourth-order valence-electron chi connectivity index (χ4n) is 3.29. The van der Waals surface area contributed by atoms with Gasteiger partial charge in [0.25, 0.3) is 5.56 Å². The molecule has 1 N–H and O–H groups in total. The Hall–Kier alpha value is -3.56. The maximum atomic E-state index is 13.3. The Morgan fingerprint density at radius 3 is 2.50 bits per heavy atom. The van der Waals surface area contributed by atoms with E-state index in [9.17, 15) is 14.4 Å². The number of rotatable bonds is 6. The molecule has 0 saturated carbocycles. The van der Waals surface area contributed by atoms with Gasteiger partial charge in [-0.25, -0.2) is 9.36 Å². The normalized spacial score (nSPS) is 10.8. The van der Waals surface area contributed by atoms with E-state index in [0.717, 1.165) is 4.57 Å². The lowest BCUT2D eigenvalue weighted by molar-refractivity contribution is -0.116. The van der Waals surface area contributed by atoms with Crippen LogP contribution in [0.4, 0.5) is 5.69 Å². The molecule has 4 rings (SSSR count). The molecule has 0 aliphatic carbocycles. The Balaban J connectivity index is 1.74. The van der Waals surface area contributed by atoms with Gasteiger partial charge in [-0.15, -0.1) is 11.3 Å². The second-order valence-electron chi connectivity index (χ2n) is 6.74. The van der Waals surface area contributed by atoms with Gasteiger partial charge >= 0.3 is 5.69 Å². The zero-order valence-electron chi connectivity index (χ0n) is 17.1. The van der Waals surface area contributed by atoms with E-state index in [1.807, 2.05) is 0 Å². The maximum absolute atomic E-state index is 13.3. The van der Waals surface area contributed by atoms with Crippen LogP contribution in [0.5, 0.6) is 11.5 Å². The summed E-state index contributed by atoms with van der Waals surface area (Å²) in [4.78, 5) is 39.1. The summed E-state index contributed by atoms with van der Waals surface area (Å²) >= 11 is 7.14. The van der Waals surface area contributed by atoms with Gasteiger partial charge < -0.3 is 14.8 Å². The van der Waals surface area contributed by atoms with Crippen LogP contribution in [-0.4, -0.2) is 29.3 Å². The molecule has 8 nitrogen and oxygen atoms in total. The Labute approximate surface area is 191 Å². The maximum Gasteiger partial charge on any atom is 0.336 e. The lowest BCUT2D eigenvalue weighted by atomic mass is 10.2. The van der Waals surface area contributed by atoms with Crippen molar-refractivity contribution in [2.75, 3.05) is 19.5 Å².